The first-order valence-electron chi connectivity index (χ1n) is 9.41. The molecule has 0 heterocycles. The predicted molar refractivity (Wildman–Crippen MR) is 95.0 cm³/mol. The molecule has 0 spiro atoms. The normalized spacial score (nSPS) is 22.0. The van der Waals surface area contributed by atoms with Crippen LogP contribution in [-0.4, -0.2) is 16.8 Å². The van der Waals surface area contributed by atoms with Crippen LogP contribution in [0.1, 0.15) is 94.1 Å². The first kappa shape index (κ1) is 17.0. The van der Waals surface area contributed by atoms with Crippen molar-refractivity contribution < 1.29 is 9.16 Å². The summed E-state index contributed by atoms with van der Waals surface area (Å²) in [7, 11) is 3.11. The molecule has 0 aromatic heterocycles. The molecule has 1 atom stereocenters. The summed E-state index contributed by atoms with van der Waals surface area (Å²) in [5.41, 5.74) is 3.06. The molecule has 1 unspecified atom stereocenters. The molecule has 3 heteroatoms. The van der Waals surface area contributed by atoms with Crippen molar-refractivity contribution in [1.29, 1.82) is 0 Å². The van der Waals surface area contributed by atoms with Crippen LogP contribution in [-0.2, 0) is 4.43 Å². The van der Waals surface area contributed by atoms with Crippen LogP contribution in [0, 0.1) is 0 Å². The maximum Gasteiger partial charge on any atom is 0.251 e. The largest absolute Gasteiger partial charge is 0.466 e. The highest BCUT2D eigenvalue weighted by atomic mass is 28.2. The maximum absolute atomic E-state index is 6.11. The molecule has 2 aliphatic rings. The van der Waals surface area contributed by atoms with Gasteiger partial charge in [0.05, 0.1) is 0 Å². The van der Waals surface area contributed by atoms with Gasteiger partial charge in [-0.2, -0.15) is 0 Å². The lowest BCUT2D eigenvalue weighted by molar-refractivity contribution is 0.0282. The molecular weight excluding hydrogens is 300 g/mol. The third-order valence-electron chi connectivity index (χ3n) is 5.62. The molecule has 2 nitrogen and oxygen atoms in total. The lowest BCUT2D eigenvalue weighted by atomic mass is 9.75. The Balaban J connectivity index is 1.94. The number of ether oxygens (including phenoxy) is 1. The minimum Gasteiger partial charge on any atom is -0.466 e. The molecule has 0 amide bonds. The van der Waals surface area contributed by atoms with E-state index < -0.39 is 0 Å². The van der Waals surface area contributed by atoms with E-state index in [1.165, 1.54) is 69.8 Å². The number of benzene rings is 1. The van der Waals surface area contributed by atoms with E-state index in [1.807, 2.05) is 6.92 Å². The van der Waals surface area contributed by atoms with Gasteiger partial charge in [-0.3, -0.25) is 0 Å². The second-order valence-corrected chi connectivity index (χ2v) is 7.47. The van der Waals surface area contributed by atoms with Crippen molar-refractivity contribution in [3.63, 3.8) is 0 Å². The van der Waals surface area contributed by atoms with E-state index in [0.717, 1.165) is 11.7 Å². The first-order chi connectivity index (χ1) is 11.3. The third-order valence-corrected chi connectivity index (χ3v) is 5.95. The Morgan fingerprint density at radius 1 is 0.913 bits per heavy atom. The highest BCUT2D eigenvalue weighted by Crippen LogP contribution is 2.45. The van der Waals surface area contributed by atoms with Crippen molar-refractivity contribution in [2.24, 2.45) is 0 Å². The molecule has 1 aromatic carbocycles. The molecule has 3 radical (unpaired) electrons. The SMILES string of the molecule is CC(O[Si])Oc1cccc(C2CCCCC2)c1C1CCCCC1. The molecule has 2 saturated carbocycles. The van der Waals surface area contributed by atoms with E-state index in [9.17, 15) is 0 Å². The second-order valence-electron chi connectivity index (χ2n) is 7.23. The maximum atomic E-state index is 6.11. The van der Waals surface area contributed by atoms with Gasteiger partial charge in [0.1, 0.15) is 5.75 Å². The number of hydrogen-bond donors (Lipinski definition) is 0. The summed E-state index contributed by atoms with van der Waals surface area (Å²) in [5.74, 6) is 2.44. The Bertz CT molecular complexity index is 490. The van der Waals surface area contributed by atoms with Gasteiger partial charge < -0.3 is 9.16 Å². The van der Waals surface area contributed by atoms with Crippen LogP contribution in [0.25, 0.3) is 0 Å². The van der Waals surface area contributed by atoms with Crippen molar-refractivity contribution in [2.75, 3.05) is 0 Å². The Morgan fingerprint density at radius 2 is 1.52 bits per heavy atom. The molecule has 0 aliphatic heterocycles. The Morgan fingerprint density at radius 3 is 2.13 bits per heavy atom. The zero-order valence-electron chi connectivity index (χ0n) is 14.4. The summed E-state index contributed by atoms with van der Waals surface area (Å²) >= 11 is 0. The smallest absolute Gasteiger partial charge is 0.251 e. The Labute approximate surface area is 144 Å². The van der Waals surface area contributed by atoms with Crippen molar-refractivity contribution in [1.82, 2.24) is 0 Å². The average molecular weight is 330 g/mol. The molecular formula is C20H29O2Si. The van der Waals surface area contributed by atoms with Gasteiger partial charge in [-0.05, 0) is 56.1 Å². The minimum absolute atomic E-state index is 0.268. The zero-order valence-corrected chi connectivity index (χ0v) is 15.4. The fraction of sp³-hybridized carbons (Fsp3) is 0.700. The van der Waals surface area contributed by atoms with Crippen LogP contribution in [0.3, 0.4) is 0 Å². The van der Waals surface area contributed by atoms with Gasteiger partial charge >= 0.3 is 0 Å². The molecule has 125 valence electrons. The lowest BCUT2D eigenvalue weighted by Gasteiger charge is -2.31. The van der Waals surface area contributed by atoms with E-state index in [0.29, 0.717) is 5.92 Å². The molecule has 2 aliphatic carbocycles. The average Bonchev–Trinajstić information content (AvgIpc) is 2.63. The van der Waals surface area contributed by atoms with Gasteiger partial charge in [0.15, 0.2) is 6.29 Å². The summed E-state index contributed by atoms with van der Waals surface area (Å²) in [6.07, 6.45) is 13.3. The lowest BCUT2D eigenvalue weighted by Crippen LogP contribution is -2.19. The van der Waals surface area contributed by atoms with Crippen LogP contribution in [0.4, 0.5) is 0 Å². The topological polar surface area (TPSA) is 18.5 Å². The molecule has 0 N–H and O–H groups in total. The molecule has 0 saturated heterocycles. The molecule has 3 rings (SSSR count). The standard InChI is InChI=1S/C20H29O2Si/c1-15(22-23)21-19-14-8-13-18(16-9-4-2-5-10-16)20(19)17-11-6-3-7-12-17/h8,13-17H,2-7,9-12H2,1H3. The van der Waals surface area contributed by atoms with Crippen LogP contribution in [0.15, 0.2) is 18.2 Å². The number of rotatable bonds is 5. The van der Waals surface area contributed by atoms with E-state index in [-0.39, 0.29) is 6.29 Å². The zero-order chi connectivity index (χ0) is 16.1. The molecule has 1 aromatic rings. The van der Waals surface area contributed by atoms with Crippen molar-refractivity contribution >= 4 is 10.5 Å². The molecule has 23 heavy (non-hydrogen) atoms. The Kier molecular flexibility index (Phi) is 6.18. The Hall–Kier alpha value is -0.803. The predicted octanol–water partition coefficient (Wildman–Crippen LogP) is 5.61. The molecule has 2 fully saturated rings. The van der Waals surface area contributed by atoms with Gasteiger partial charge in [0.25, 0.3) is 10.5 Å². The highest BCUT2D eigenvalue weighted by molar-refractivity contribution is 5.98. The first-order valence-corrected chi connectivity index (χ1v) is 9.82. The van der Waals surface area contributed by atoms with E-state index in [4.69, 9.17) is 9.16 Å². The fourth-order valence-corrected chi connectivity index (χ4v) is 4.51. The van der Waals surface area contributed by atoms with Gasteiger partial charge in [0.2, 0.25) is 0 Å². The van der Waals surface area contributed by atoms with Crippen LogP contribution in [0.5, 0.6) is 5.75 Å². The quantitative estimate of drug-likeness (QED) is 0.516. The van der Waals surface area contributed by atoms with Gasteiger partial charge in [-0.25, -0.2) is 0 Å². The third kappa shape index (κ3) is 4.19. The van der Waals surface area contributed by atoms with E-state index >= 15 is 0 Å². The van der Waals surface area contributed by atoms with Crippen LogP contribution < -0.4 is 4.74 Å². The number of hydrogen-bond acceptors (Lipinski definition) is 2. The van der Waals surface area contributed by atoms with Crippen molar-refractivity contribution in [3.05, 3.63) is 29.3 Å². The van der Waals surface area contributed by atoms with Crippen LogP contribution >= 0.6 is 0 Å². The van der Waals surface area contributed by atoms with Gasteiger partial charge in [-0.15, -0.1) is 0 Å². The monoisotopic (exact) mass is 329 g/mol. The van der Waals surface area contributed by atoms with Crippen molar-refractivity contribution in [3.8, 4) is 5.75 Å². The second kappa shape index (κ2) is 8.34. The van der Waals surface area contributed by atoms with E-state index in [1.54, 1.807) is 5.56 Å². The van der Waals surface area contributed by atoms with Crippen LogP contribution in [0.2, 0.25) is 0 Å². The molecule has 0 bridgehead atoms. The van der Waals surface area contributed by atoms with E-state index in [2.05, 4.69) is 28.7 Å². The summed E-state index contributed by atoms with van der Waals surface area (Å²) in [4.78, 5) is 0. The van der Waals surface area contributed by atoms with Gasteiger partial charge in [0, 0.05) is 5.56 Å². The van der Waals surface area contributed by atoms with Gasteiger partial charge in [-0.1, -0.05) is 50.7 Å². The summed E-state index contributed by atoms with van der Waals surface area (Å²) < 4.78 is 11.3. The summed E-state index contributed by atoms with van der Waals surface area (Å²) in [6.45, 7) is 1.94. The fourth-order valence-electron chi connectivity index (χ4n) is 4.46. The highest BCUT2D eigenvalue weighted by Gasteiger charge is 2.27. The van der Waals surface area contributed by atoms with Crippen molar-refractivity contribution in [2.45, 2.75) is 89.3 Å². The minimum atomic E-state index is -0.268. The summed E-state index contributed by atoms with van der Waals surface area (Å²) in [6, 6.07) is 6.68. The summed E-state index contributed by atoms with van der Waals surface area (Å²) in [5, 5.41) is 0.